The summed E-state index contributed by atoms with van der Waals surface area (Å²) in [5.74, 6) is 0. The first-order chi connectivity index (χ1) is 4.54. The van der Waals surface area contributed by atoms with Crippen molar-refractivity contribution in [3.8, 4) is 0 Å². The molecule has 0 unspecified atom stereocenters. The van der Waals surface area contributed by atoms with E-state index < -0.39 is 11.8 Å². The summed E-state index contributed by atoms with van der Waals surface area (Å²) in [5.41, 5.74) is -1.13. The van der Waals surface area contributed by atoms with Crippen LogP contribution in [-0.2, 0) is 0 Å². The van der Waals surface area contributed by atoms with Gasteiger partial charge in [0.05, 0.1) is 0 Å². The monoisotopic (exact) mass is 145 g/mol. The molecule has 0 aromatic carbocycles. The van der Waals surface area contributed by atoms with Crippen molar-refractivity contribution in [2.75, 3.05) is 6.54 Å². The van der Waals surface area contributed by atoms with Gasteiger partial charge in [0, 0.05) is 6.54 Å². The minimum absolute atomic E-state index is 0.447. The number of aliphatic hydroxyl groups is 1. The molecule has 0 aromatic heterocycles. The zero-order chi connectivity index (χ0) is 7.78. The number of likely N-dealkylation sites (tertiary alicyclic amines) is 1. The van der Waals surface area contributed by atoms with Gasteiger partial charge in [-0.05, 0) is 19.8 Å². The van der Waals surface area contributed by atoms with Gasteiger partial charge in [-0.1, -0.05) is 0 Å². The van der Waals surface area contributed by atoms with Crippen LogP contribution in [0.15, 0.2) is 0 Å². The predicted octanol–water partition coefficient (Wildman–Crippen LogP) is 0.469. The van der Waals surface area contributed by atoms with Gasteiger partial charge in [0.1, 0.15) is 5.72 Å². The molecule has 1 aliphatic heterocycles. The van der Waals surface area contributed by atoms with Crippen molar-refractivity contribution in [2.45, 2.75) is 25.5 Å². The molecule has 1 heterocycles. The highest BCUT2D eigenvalue weighted by Crippen LogP contribution is 2.25. The lowest BCUT2D eigenvalue weighted by Gasteiger charge is -2.26. The molecule has 0 aromatic rings. The number of carbonyl (C=O) groups is 1. The third-order valence-electron chi connectivity index (χ3n) is 1.84. The van der Waals surface area contributed by atoms with Crippen molar-refractivity contribution >= 4 is 6.09 Å². The lowest BCUT2D eigenvalue weighted by atomic mass is 10.2. The van der Waals surface area contributed by atoms with Gasteiger partial charge in [-0.25, -0.2) is 4.79 Å². The normalized spacial score (nSPS) is 32.8. The minimum atomic E-state index is -1.13. The van der Waals surface area contributed by atoms with Crippen molar-refractivity contribution in [3.63, 3.8) is 0 Å². The molecular formula is C6H11NO3. The molecule has 1 fully saturated rings. The standard InChI is InChI=1S/C6H11NO3/c1-6(10)3-2-4-7(6)5(8)9/h10H,2-4H2,1H3,(H,8,9)/t6-/m0/s1. The molecule has 0 spiro atoms. The van der Waals surface area contributed by atoms with Crippen molar-refractivity contribution in [2.24, 2.45) is 0 Å². The Morgan fingerprint density at radius 2 is 2.30 bits per heavy atom. The van der Waals surface area contributed by atoms with E-state index in [1.54, 1.807) is 0 Å². The zero-order valence-electron chi connectivity index (χ0n) is 5.87. The Balaban J connectivity index is 2.68. The van der Waals surface area contributed by atoms with Crippen LogP contribution < -0.4 is 0 Å². The van der Waals surface area contributed by atoms with Crippen LogP contribution in [0, 0.1) is 0 Å². The Kier molecular flexibility index (Phi) is 1.56. The maximum Gasteiger partial charge on any atom is 0.409 e. The summed E-state index contributed by atoms with van der Waals surface area (Å²) in [6.45, 7) is 1.97. The summed E-state index contributed by atoms with van der Waals surface area (Å²) in [5, 5.41) is 17.9. The molecule has 1 atom stereocenters. The third kappa shape index (κ3) is 1.07. The summed E-state index contributed by atoms with van der Waals surface area (Å²) >= 11 is 0. The van der Waals surface area contributed by atoms with Crippen molar-refractivity contribution < 1.29 is 15.0 Å². The molecule has 0 aliphatic carbocycles. The van der Waals surface area contributed by atoms with Gasteiger partial charge in [0.2, 0.25) is 0 Å². The van der Waals surface area contributed by atoms with Crippen LogP contribution in [0.4, 0.5) is 4.79 Å². The molecule has 2 N–H and O–H groups in total. The zero-order valence-corrected chi connectivity index (χ0v) is 5.87. The number of hydrogen-bond donors (Lipinski definition) is 2. The van der Waals surface area contributed by atoms with Gasteiger partial charge in [-0.3, -0.25) is 4.90 Å². The van der Waals surface area contributed by atoms with Crippen LogP contribution in [0.5, 0.6) is 0 Å². The summed E-state index contributed by atoms with van der Waals surface area (Å²) in [4.78, 5) is 11.4. The Bertz CT molecular complexity index is 155. The van der Waals surface area contributed by atoms with Crippen LogP contribution in [0.3, 0.4) is 0 Å². The minimum Gasteiger partial charge on any atom is -0.465 e. The van der Waals surface area contributed by atoms with E-state index in [2.05, 4.69) is 0 Å². The highest BCUT2D eigenvalue weighted by molar-refractivity contribution is 5.66. The number of amides is 1. The van der Waals surface area contributed by atoms with Gasteiger partial charge in [0.15, 0.2) is 0 Å². The highest BCUT2D eigenvalue weighted by atomic mass is 16.4. The van der Waals surface area contributed by atoms with E-state index in [0.29, 0.717) is 13.0 Å². The highest BCUT2D eigenvalue weighted by Gasteiger charge is 2.37. The van der Waals surface area contributed by atoms with Crippen molar-refractivity contribution in [1.29, 1.82) is 0 Å². The predicted molar refractivity (Wildman–Crippen MR) is 34.6 cm³/mol. The first kappa shape index (κ1) is 7.34. The van der Waals surface area contributed by atoms with E-state index in [4.69, 9.17) is 5.11 Å². The smallest absolute Gasteiger partial charge is 0.409 e. The summed E-state index contributed by atoms with van der Waals surface area (Å²) < 4.78 is 0. The number of hydrogen-bond acceptors (Lipinski definition) is 2. The molecule has 1 rings (SSSR count). The molecule has 0 saturated carbocycles. The Labute approximate surface area is 59.1 Å². The lowest BCUT2D eigenvalue weighted by molar-refractivity contribution is -0.0494. The number of carboxylic acid groups (broad SMARTS) is 1. The quantitative estimate of drug-likeness (QED) is 0.520. The fourth-order valence-corrected chi connectivity index (χ4v) is 1.25. The molecule has 0 bridgehead atoms. The number of nitrogens with zero attached hydrogens (tertiary/aromatic N) is 1. The summed E-state index contributed by atoms with van der Waals surface area (Å²) in [6.07, 6.45) is 0.251. The fourth-order valence-electron chi connectivity index (χ4n) is 1.25. The lowest BCUT2D eigenvalue weighted by Crippen LogP contribution is -2.43. The Morgan fingerprint density at radius 1 is 1.70 bits per heavy atom. The van der Waals surface area contributed by atoms with Crippen LogP contribution >= 0.6 is 0 Å². The van der Waals surface area contributed by atoms with Gasteiger partial charge in [-0.15, -0.1) is 0 Å². The first-order valence-corrected chi connectivity index (χ1v) is 3.27. The van der Waals surface area contributed by atoms with E-state index in [1.165, 1.54) is 6.92 Å². The largest absolute Gasteiger partial charge is 0.465 e. The fraction of sp³-hybridized carbons (Fsp3) is 0.833. The number of rotatable bonds is 0. The SMILES string of the molecule is C[C@]1(O)CCCN1C(=O)O. The molecule has 1 saturated heterocycles. The molecule has 58 valence electrons. The average Bonchev–Trinajstić information content (AvgIpc) is 2.08. The van der Waals surface area contributed by atoms with E-state index in [0.717, 1.165) is 11.3 Å². The average molecular weight is 145 g/mol. The van der Waals surface area contributed by atoms with E-state index in [9.17, 15) is 9.90 Å². The second-order valence-electron chi connectivity index (χ2n) is 2.75. The van der Waals surface area contributed by atoms with Crippen LogP contribution in [0.1, 0.15) is 19.8 Å². The van der Waals surface area contributed by atoms with E-state index in [-0.39, 0.29) is 0 Å². The Morgan fingerprint density at radius 3 is 2.50 bits per heavy atom. The second-order valence-corrected chi connectivity index (χ2v) is 2.75. The molecule has 1 aliphatic rings. The topological polar surface area (TPSA) is 60.8 Å². The van der Waals surface area contributed by atoms with Crippen LogP contribution in [0.25, 0.3) is 0 Å². The van der Waals surface area contributed by atoms with Crippen molar-refractivity contribution in [1.82, 2.24) is 4.90 Å². The Hall–Kier alpha value is -0.770. The third-order valence-corrected chi connectivity index (χ3v) is 1.84. The first-order valence-electron chi connectivity index (χ1n) is 3.27. The molecular weight excluding hydrogens is 134 g/mol. The van der Waals surface area contributed by atoms with E-state index >= 15 is 0 Å². The van der Waals surface area contributed by atoms with Gasteiger partial charge in [-0.2, -0.15) is 0 Å². The molecule has 10 heavy (non-hydrogen) atoms. The maximum atomic E-state index is 10.4. The van der Waals surface area contributed by atoms with Crippen LogP contribution in [-0.4, -0.2) is 33.5 Å². The maximum absolute atomic E-state index is 10.4. The van der Waals surface area contributed by atoms with Crippen LogP contribution in [0.2, 0.25) is 0 Å². The summed E-state index contributed by atoms with van der Waals surface area (Å²) in [6, 6.07) is 0. The van der Waals surface area contributed by atoms with Gasteiger partial charge in [0.25, 0.3) is 0 Å². The van der Waals surface area contributed by atoms with Gasteiger partial charge >= 0.3 is 6.09 Å². The second kappa shape index (κ2) is 2.12. The van der Waals surface area contributed by atoms with E-state index in [1.807, 2.05) is 0 Å². The molecule has 4 nitrogen and oxygen atoms in total. The molecule has 4 heteroatoms. The molecule has 1 amide bonds. The molecule has 0 radical (unpaired) electrons. The van der Waals surface area contributed by atoms with Gasteiger partial charge < -0.3 is 10.2 Å². The van der Waals surface area contributed by atoms with Crippen molar-refractivity contribution in [3.05, 3.63) is 0 Å². The summed E-state index contributed by atoms with van der Waals surface area (Å²) in [7, 11) is 0.